The van der Waals surface area contributed by atoms with E-state index >= 15 is 0 Å². The van der Waals surface area contributed by atoms with E-state index in [2.05, 4.69) is 105 Å². The number of nitrogens with zero attached hydrogens (tertiary/aromatic N) is 4. The molecule has 0 amide bonds. The summed E-state index contributed by atoms with van der Waals surface area (Å²) in [6.07, 6.45) is 0. The molecule has 0 fully saturated rings. The van der Waals surface area contributed by atoms with E-state index in [4.69, 9.17) is 24.2 Å². The van der Waals surface area contributed by atoms with Gasteiger partial charge in [0, 0.05) is 48.7 Å². The Balaban J connectivity index is 1.14. The summed E-state index contributed by atoms with van der Waals surface area (Å²) in [5, 5.41) is 22.9. The van der Waals surface area contributed by atoms with Crippen LogP contribution in [0, 0.1) is 17.9 Å². The molecule has 16 aromatic rings. The molecule has 0 aliphatic rings. The number of furan rings is 4. The molecule has 8 heteroatoms. The first-order valence-corrected chi connectivity index (χ1v) is 23.1. The Hall–Kier alpha value is -10.0. The van der Waals surface area contributed by atoms with Crippen LogP contribution in [0.2, 0.25) is 0 Å². The lowest BCUT2D eigenvalue weighted by molar-refractivity contribution is 0.670. The summed E-state index contributed by atoms with van der Waals surface area (Å²) < 4.78 is 31.8. The van der Waals surface area contributed by atoms with Crippen molar-refractivity contribution in [2.24, 2.45) is 0 Å². The van der Waals surface area contributed by atoms with Gasteiger partial charge in [0.1, 0.15) is 50.7 Å². The molecule has 322 valence electrons. The molecule has 0 aliphatic heterocycles. The quantitative estimate of drug-likeness (QED) is 0.165. The zero-order chi connectivity index (χ0) is 45.9. The molecule has 10 aromatic carbocycles. The van der Waals surface area contributed by atoms with E-state index in [0.29, 0.717) is 28.2 Å². The number of rotatable bonds is 3. The molecule has 70 heavy (non-hydrogen) atoms. The van der Waals surface area contributed by atoms with Gasteiger partial charge in [-0.05, 0) is 84.4 Å². The Morgan fingerprint density at radius 1 is 0.386 bits per heavy atom. The largest absolute Gasteiger partial charge is 0.455 e. The number of benzene rings is 10. The minimum atomic E-state index is 0.312. The van der Waals surface area contributed by atoms with Crippen LogP contribution >= 0.6 is 0 Å². The van der Waals surface area contributed by atoms with Crippen LogP contribution in [0.3, 0.4) is 0 Å². The maximum Gasteiger partial charge on any atom is 0.212 e. The monoisotopic (exact) mass is 894 g/mol. The fraction of sp³-hybridized carbons (Fsp3) is 0. The molecule has 6 aromatic heterocycles. The Bertz CT molecular complexity index is 4540. The van der Waals surface area contributed by atoms with Gasteiger partial charge in [0.25, 0.3) is 0 Å². The molecule has 0 radical (unpaired) electrons. The van der Waals surface area contributed by atoms with Gasteiger partial charge in [-0.1, -0.05) is 103 Å². The average molecular weight is 895 g/mol. The Kier molecular flexibility index (Phi) is 7.06. The molecule has 0 saturated carbocycles. The number of fused-ring (bicyclic) bond motifs is 22. The Morgan fingerprint density at radius 2 is 0.729 bits per heavy atom. The SMILES string of the molecule is [C-]#[N+]c1cc(C#N)c(-n2c3ccc4c5ccccc5oc4c3c3c4oc5ccccc5c4ccc32)c(-c2ccccc2)c1-n1c2ccc3c4ccccc4oc3c2c2c3oc4ccccc4c3ccc21. The molecule has 8 nitrogen and oxygen atoms in total. The maximum atomic E-state index is 11.5. The van der Waals surface area contributed by atoms with Crippen LogP contribution in [0.1, 0.15) is 5.56 Å². The highest BCUT2D eigenvalue weighted by molar-refractivity contribution is 6.33. The summed E-state index contributed by atoms with van der Waals surface area (Å²) in [6, 6.07) is 63.8. The van der Waals surface area contributed by atoms with Gasteiger partial charge in [-0.3, -0.25) is 0 Å². The van der Waals surface area contributed by atoms with Crippen molar-refractivity contribution in [1.29, 1.82) is 5.26 Å². The van der Waals surface area contributed by atoms with Crippen molar-refractivity contribution in [1.82, 2.24) is 9.13 Å². The van der Waals surface area contributed by atoms with Crippen LogP contribution in [0.5, 0.6) is 0 Å². The van der Waals surface area contributed by atoms with E-state index < -0.39 is 0 Å². The van der Waals surface area contributed by atoms with E-state index in [1.54, 1.807) is 6.07 Å². The molecule has 6 heterocycles. The van der Waals surface area contributed by atoms with Crippen molar-refractivity contribution in [2.75, 3.05) is 0 Å². The fourth-order valence-corrected chi connectivity index (χ4v) is 11.7. The predicted molar refractivity (Wildman–Crippen MR) is 281 cm³/mol. The second-order valence-corrected chi connectivity index (χ2v) is 18.0. The summed E-state index contributed by atoms with van der Waals surface area (Å²) in [7, 11) is 0. The predicted octanol–water partition coefficient (Wildman–Crippen LogP) is 17.6. The molecular weight excluding hydrogens is 865 g/mol. The molecule has 16 rings (SSSR count). The number of hydrogen-bond acceptors (Lipinski definition) is 5. The van der Waals surface area contributed by atoms with Crippen LogP contribution in [-0.4, -0.2) is 9.13 Å². The van der Waals surface area contributed by atoms with Crippen LogP contribution in [0.4, 0.5) is 5.69 Å². The molecule has 0 saturated heterocycles. The molecule has 0 N–H and O–H groups in total. The lowest BCUT2D eigenvalue weighted by Gasteiger charge is -2.23. The molecule has 0 bridgehead atoms. The topological polar surface area (TPSA) is 90.6 Å². The number of hydrogen-bond donors (Lipinski definition) is 0. The third-order valence-electron chi connectivity index (χ3n) is 14.6. The van der Waals surface area contributed by atoms with E-state index in [1.807, 2.05) is 91.0 Å². The van der Waals surface area contributed by atoms with E-state index in [9.17, 15) is 5.26 Å². The van der Waals surface area contributed by atoms with E-state index in [-0.39, 0.29) is 0 Å². The lowest BCUT2D eigenvalue weighted by Crippen LogP contribution is -2.06. The highest BCUT2D eigenvalue weighted by Gasteiger charge is 2.31. The molecule has 0 spiro atoms. The standard InChI is InChI=1S/C62H30N4O4/c1-64-43-31-34(32-63)57(65-44-27-23-39-35-15-5-9-19-48(35)67-59(39)53(44)54-45(65)28-24-40-36-16-6-10-20-49(36)68-60(40)54)52(33-13-3-2-4-14-33)58(43)66-46-29-25-41-37-17-7-11-21-50(37)69-61(41)55(46)56-47(66)30-26-42-38-18-8-12-22-51(38)70-62(42)56/h2-31H. The van der Waals surface area contributed by atoms with Gasteiger partial charge in [-0.25, -0.2) is 4.85 Å². The van der Waals surface area contributed by atoms with Crippen LogP contribution < -0.4 is 0 Å². The van der Waals surface area contributed by atoms with Gasteiger partial charge >= 0.3 is 0 Å². The fourth-order valence-electron chi connectivity index (χ4n) is 11.7. The first-order valence-electron chi connectivity index (χ1n) is 23.1. The summed E-state index contributed by atoms with van der Waals surface area (Å²) in [4.78, 5) is 4.30. The van der Waals surface area contributed by atoms with Gasteiger partial charge in [-0.15, -0.1) is 0 Å². The van der Waals surface area contributed by atoms with Crippen molar-refractivity contribution < 1.29 is 17.7 Å². The van der Waals surface area contributed by atoms with Crippen molar-refractivity contribution in [2.45, 2.75) is 0 Å². The van der Waals surface area contributed by atoms with Crippen LogP contribution in [-0.2, 0) is 0 Å². The maximum absolute atomic E-state index is 11.5. The average Bonchev–Trinajstić information content (AvgIpc) is 4.26. The van der Waals surface area contributed by atoms with Crippen molar-refractivity contribution >= 4 is 137 Å². The number of nitriles is 1. The Labute approximate surface area is 395 Å². The first-order chi connectivity index (χ1) is 34.7. The first kappa shape index (κ1) is 37.1. The van der Waals surface area contributed by atoms with Crippen molar-refractivity contribution in [3.05, 3.63) is 199 Å². The minimum absolute atomic E-state index is 0.312. The van der Waals surface area contributed by atoms with E-state index in [1.165, 1.54) is 0 Å². The summed E-state index contributed by atoms with van der Waals surface area (Å²) in [5.41, 5.74) is 12.7. The second-order valence-electron chi connectivity index (χ2n) is 18.0. The molecular formula is C62H30N4O4. The molecule has 0 unspecified atom stereocenters. The van der Waals surface area contributed by atoms with Gasteiger partial charge in [0.2, 0.25) is 5.69 Å². The second kappa shape index (κ2) is 13.3. The number of aromatic nitrogens is 2. The van der Waals surface area contributed by atoms with Crippen molar-refractivity contribution in [3.8, 4) is 28.6 Å². The zero-order valence-electron chi connectivity index (χ0n) is 36.7. The summed E-state index contributed by atoms with van der Waals surface area (Å²) in [5.74, 6) is 0. The molecule has 0 aliphatic carbocycles. The summed E-state index contributed by atoms with van der Waals surface area (Å²) in [6.45, 7) is 8.97. The van der Waals surface area contributed by atoms with E-state index in [0.717, 1.165) is 137 Å². The van der Waals surface area contributed by atoms with Gasteiger partial charge in [-0.2, -0.15) is 5.26 Å². The summed E-state index contributed by atoms with van der Waals surface area (Å²) >= 11 is 0. The molecule has 0 atom stereocenters. The van der Waals surface area contributed by atoms with Gasteiger partial charge in [0.15, 0.2) is 0 Å². The van der Waals surface area contributed by atoms with Crippen molar-refractivity contribution in [3.63, 3.8) is 0 Å². The highest BCUT2D eigenvalue weighted by Crippen LogP contribution is 2.52. The third kappa shape index (κ3) is 4.61. The zero-order valence-corrected chi connectivity index (χ0v) is 36.7. The minimum Gasteiger partial charge on any atom is -0.455 e. The third-order valence-corrected chi connectivity index (χ3v) is 14.6. The lowest BCUT2D eigenvalue weighted by atomic mass is 9.95. The smallest absolute Gasteiger partial charge is 0.212 e. The van der Waals surface area contributed by atoms with Crippen LogP contribution in [0.25, 0.3) is 159 Å². The highest BCUT2D eigenvalue weighted by atomic mass is 16.3. The normalized spacial score (nSPS) is 12.3. The van der Waals surface area contributed by atoms with Gasteiger partial charge in [0.05, 0.1) is 67.1 Å². The number of para-hydroxylation sites is 4. The van der Waals surface area contributed by atoms with Gasteiger partial charge < -0.3 is 26.8 Å². The van der Waals surface area contributed by atoms with Crippen LogP contribution in [0.15, 0.2) is 200 Å². The Morgan fingerprint density at radius 3 is 1.09 bits per heavy atom.